The fraction of sp³-hybridized carbons (Fsp3) is 0.200. The summed E-state index contributed by atoms with van der Waals surface area (Å²) in [6.45, 7) is 6.31. The number of amides is 2. The number of thioether (sulfide) groups is 1. The van der Waals surface area contributed by atoms with Gasteiger partial charge in [0.25, 0.3) is 11.1 Å². The van der Waals surface area contributed by atoms with Crippen LogP contribution in [0.4, 0.5) is 9.18 Å². The number of benzene rings is 2. The maximum Gasteiger partial charge on any atom is 0.293 e. The van der Waals surface area contributed by atoms with Crippen LogP contribution in [-0.2, 0) is 4.79 Å². The zero-order chi connectivity index (χ0) is 23.7. The Hall–Kier alpha value is -2.84. The molecule has 5 nitrogen and oxygen atoms in total. The summed E-state index contributed by atoms with van der Waals surface area (Å²) in [6.07, 6.45) is 1.77. The van der Waals surface area contributed by atoms with Crippen LogP contribution in [0.15, 0.2) is 57.9 Å². The number of rotatable bonds is 6. The third kappa shape index (κ3) is 4.91. The van der Waals surface area contributed by atoms with E-state index in [1.807, 2.05) is 39.0 Å². The maximum absolute atomic E-state index is 13.0. The molecule has 2 amide bonds. The summed E-state index contributed by atoms with van der Waals surface area (Å²) in [5.41, 5.74) is 5.08. The lowest BCUT2D eigenvalue weighted by Crippen LogP contribution is -2.32. The van der Waals surface area contributed by atoms with Gasteiger partial charge in [-0.25, -0.2) is 4.39 Å². The minimum absolute atomic E-state index is 0.122. The first-order valence-electron chi connectivity index (χ1n) is 10.3. The lowest BCUT2D eigenvalue weighted by atomic mass is 10.2. The first-order valence-corrected chi connectivity index (χ1v) is 11.9. The van der Waals surface area contributed by atoms with Crippen molar-refractivity contribution in [2.75, 3.05) is 13.2 Å². The summed E-state index contributed by atoms with van der Waals surface area (Å²) >= 11 is 4.46. The molecule has 0 unspecified atom stereocenters. The molecule has 1 aliphatic heterocycles. The molecular formula is C25H22BrFN2O3S. The van der Waals surface area contributed by atoms with Crippen LogP contribution >= 0.6 is 27.7 Å². The number of carbonyl (C=O) groups is 2. The SMILES string of the molecule is Cc1cc(-n2c(C)cc(/C=C3\SC(=O)N(CCOc4ccc(F)cc4)C3=O)c2C)ccc1Br. The lowest BCUT2D eigenvalue weighted by molar-refractivity contribution is -0.123. The Morgan fingerprint density at radius 2 is 1.79 bits per heavy atom. The standard InChI is InChI=1S/C25H22BrFN2O3S/c1-15-12-20(6-9-22(15)26)29-16(2)13-18(17(29)3)14-23-24(30)28(25(31)33-23)10-11-32-21-7-4-19(27)5-8-21/h4-9,12-14H,10-11H2,1-3H3/b23-14-. The highest BCUT2D eigenvalue weighted by molar-refractivity contribution is 9.10. The number of hydrogen-bond donors (Lipinski definition) is 0. The quantitative estimate of drug-likeness (QED) is 0.346. The smallest absolute Gasteiger partial charge is 0.293 e. The minimum Gasteiger partial charge on any atom is -0.492 e. The summed E-state index contributed by atoms with van der Waals surface area (Å²) in [5.74, 6) is -0.209. The van der Waals surface area contributed by atoms with Gasteiger partial charge in [0.15, 0.2) is 0 Å². The van der Waals surface area contributed by atoms with E-state index in [2.05, 4.69) is 26.6 Å². The Kier molecular flexibility index (Phi) is 6.76. The Morgan fingerprint density at radius 3 is 2.48 bits per heavy atom. The second kappa shape index (κ2) is 9.57. The van der Waals surface area contributed by atoms with Crippen LogP contribution < -0.4 is 4.74 Å². The van der Waals surface area contributed by atoms with Crippen molar-refractivity contribution in [2.45, 2.75) is 20.8 Å². The molecule has 3 aromatic rings. The number of ether oxygens (including phenoxy) is 1. The van der Waals surface area contributed by atoms with Gasteiger partial charge >= 0.3 is 0 Å². The normalized spacial score (nSPS) is 15.1. The third-order valence-electron chi connectivity index (χ3n) is 5.43. The van der Waals surface area contributed by atoms with Crippen molar-refractivity contribution in [3.05, 3.63) is 86.2 Å². The highest BCUT2D eigenvalue weighted by Gasteiger charge is 2.35. The van der Waals surface area contributed by atoms with Crippen LogP contribution in [-0.4, -0.2) is 33.8 Å². The van der Waals surface area contributed by atoms with Crippen LogP contribution in [0.2, 0.25) is 0 Å². The highest BCUT2D eigenvalue weighted by atomic mass is 79.9. The van der Waals surface area contributed by atoms with Gasteiger partial charge in [0.05, 0.1) is 11.4 Å². The largest absolute Gasteiger partial charge is 0.492 e. The predicted molar refractivity (Wildman–Crippen MR) is 132 cm³/mol. The number of imide groups is 1. The van der Waals surface area contributed by atoms with Gasteiger partial charge in [0.2, 0.25) is 0 Å². The summed E-state index contributed by atoms with van der Waals surface area (Å²) < 4.78 is 21.7. The van der Waals surface area contributed by atoms with Gasteiger partial charge in [0.1, 0.15) is 18.2 Å². The molecule has 0 radical (unpaired) electrons. The fourth-order valence-electron chi connectivity index (χ4n) is 3.72. The van der Waals surface area contributed by atoms with Gasteiger partial charge in [-0.15, -0.1) is 0 Å². The maximum atomic E-state index is 13.0. The van der Waals surface area contributed by atoms with E-state index in [-0.39, 0.29) is 30.1 Å². The first kappa shape index (κ1) is 23.3. The zero-order valence-electron chi connectivity index (χ0n) is 18.4. The highest BCUT2D eigenvalue weighted by Crippen LogP contribution is 2.34. The number of hydrogen-bond acceptors (Lipinski definition) is 4. The molecule has 2 aromatic carbocycles. The van der Waals surface area contributed by atoms with Gasteiger partial charge in [-0.2, -0.15) is 0 Å². The van der Waals surface area contributed by atoms with Crippen molar-refractivity contribution in [3.63, 3.8) is 0 Å². The van der Waals surface area contributed by atoms with Crippen molar-refractivity contribution in [2.24, 2.45) is 0 Å². The molecule has 33 heavy (non-hydrogen) atoms. The number of nitrogens with zero attached hydrogens (tertiary/aromatic N) is 2. The van der Waals surface area contributed by atoms with E-state index < -0.39 is 0 Å². The van der Waals surface area contributed by atoms with E-state index in [0.29, 0.717) is 10.7 Å². The lowest BCUT2D eigenvalue weighted by Gasteiger charge is -2.13. The number of carbonyl (C=O) groups excluding carboxylic acids is 2. The molecule has 0 N–H and O–H groups in total. The molecule has 1 saturated heterocycles. The molecule has 8 heteroatoms. The Balaban J connectivity index is 1.50. The van der Waals surface area contributed by atoms with Crippen LogP contribution in [0.25, 0.3) is 11.8 Å². The summed E-state index contributed by atoms with van der Waals surface area (Å²) in [6, 6.07) is 13.8. The number of aromatic nitrogens is 1. The average molecular weight is 529 g/mol. The molecule has 1 aromatic heterocycles. The Morgan fingerprint density at radius 1 is 1.06 bits per heavy atom. The van der Waals surface area contributed by atoms with E-state index >= 15 is 0 Å². The minimum atomic E-state index is -0.354. The predicted octanol–water partition coefficient (Wildman–Crippen LogP) is 6.42. The topological polar surface area (TPSA) is 51.5 Å². The van der Waals surface area contributed by atoms with E-state index in [9.17, 15) is 14.0 Å². The van der Waals surface area contributed by atoms with Crippen LogP contribution in [0, 0.1) is 26.6 Å². The van der Waals surface area contributed by atoms with Crippen LogP contribution in [0.3, 0.4) is 0 Å². The van der Waals surface area contributed by atoms with Gasteiger partial charge < -0.3 is 9.30 Å². The number of halogens is 2. The van der Waals surface area contributed by atoms with E-state index in [1.165, 1.54) is 29.2 Å². The van der Waals surface area contributed by atoms with Crippen LogP contribution in [0.5, 0.6) is 5.75 Å². The van der Waals surface area contributed by atoms with Gasteiger partial charge in [-0.1, -0.05) is 15.9 Å². The van der Waals surface area contributed by atoms with Crippen molar-refractivity contribution in [3.8, 4) is 11.4 Å². The third-order valence-corrected chi connectivity index (χ3v) is 7.22. The Labute approximate surface area is 204 Å². The van der Waals surface area contributed by atoms with Crippen LogP contribution in [0.1, 0.15) is 22.5 Å². The van der Waals surface area contributed by atoms with E-state index in [0.717, 1.165) is 44.4 Å². The van der Waals surface area contributed by atoms with Crippen molar-refractivity contribution in [1.82, 2.24) is 9.47 Å². The van der Waals surface area contributed by atoms with Gasteiger partial charge in [-0.05, 0) is 98.3 Å². The second-order valence-corrected chi connectivity index (χ2v) is 9.58. The summed E-state index contributed by atoms with van der Waals surface area (Å²) in [7, 11) is 0. The molecule has 1 fully saturated rings. The average Bonchev–Trinajstić information content (AvgIpc) is 3.20. The molecule has 4 rings (SSSR count). The first-order chi connectivity index (χ1) is 15.7. The fourth-order valence-corrected chi connectivity index (χ4v) is 4.82. The molecule has 1 aliphatic rings. The summed E-state index contributed by atoms with van der Waals surface area (Å²) in [4.78, 5) is 26.9. The van der Waals surface area contributed by atoms with Crippen molar-refractivity contribution < 1.29 is 18.7 Å². The molecule has 2 heterocycles. The molecule has 0 bridgehead atoms. The molecule has 170 valence electrons. The Bertz CT molecular complexity index is 1270. The van der Waals surface area contributed by atoms with Crippen molar-refractivity contribution in [1.29, 1.82) is 0 Å². The van der Waals surface area contributed by atoms with Crippen molar-refractivity contribution >= 4 is 44.9 Å². The van der Waals surface area contributed by atoms with E-state index in [4.69, 9.17) is 4.74 Å². The van der Waals surface area contributed by atoms with E-state index in [1.54, 1.807) is 6.08 Å². The molecular weight excluding hydrogens is 507 g/mol. The monoisotopic (exact) mass is 528 g/mol. The number of aryl methyl sites for hydroxylation is 2. The second-order valence-electron chi connectivity index (χ2n) is 7.73. The van der Waals surface area contributed by atoms with Gasteiger partial charge in [-0.3, -0.25) is 14.5 Å². The molecule has 0 aliphatic carbocycles. The molecule has 0 atom stereocenters. The van der Waals surface area contributed by atoms with Gasteiger partial charge in [0, 0.05) is 21.5 Å². The zero-order valence-corrected chi connectivity index (χ0v) is 20.8. The summed E-state index contributed by atoms with van der Waals surface area (Å²) in [5, 5.41) is -0.328. The molecule has 0 spiro atoms. The molecule has 0 saturated carbocycles.